The molecule has 0 fully saturated rings. The number of hydrogen-bond donors (Lipinski definition) is 1. The second kappa shape index (κ2) is 9.18. The number of benzene rings is 1. The van der Waals surface area contributed by atoms with Crippen molar-refractivity contribution >= 4 is 0 Å². The van der Waals surface area contributed by atoms with Crippen molar-refractivity contribution in [3.05, 3.63) is 35.4 Å². The maximum Gasteiger partial charge on any atom is 0.0133 e. The molecule has 0 aliphatic heterocycles. The summed E-state index contributed by atoms with van der Waals surface area (Å²) in [5.74, 6) is 1.33. The van der Waals surface area contributed by atoms with Crippen molar-refractivity contribution in [1.82, 2.24) is 5.32 Å². The van der Waals surface area contributed by atoms with Gasteiger partial charge in [-0.25, -0.2) is 0 Å². The van der Waals surface area contributed by atoms with Crippen molar-refractivity contribution in [2.45, 2.75) is 72.3 Å². The van der Waals surface area contributed by atoms with Gasteiger partial charge in [0.05, 0.1) is 0 Å². The van der Waals surface area contributed by atoms with Gasteiger partial charge in [0.1, 0.15) is 0 Å². The number of hydrogen-bond acceptors (Lipinski definition) is 1. The van der Waals surface area contributed by atoms with Crippen molar-refractivity contribution < 1.29 is 0 Å². The first-order valence-corrected chi connectivity index (χ1v) is 8.40. The van der Waals surface area contributed by atoms with Crippen LogP contribution in [0, 0.1) is 5.92 Å². The summed E-state index contributed by atoms with van der Waals surface area (Å²) in [4.78, 5) is 0. The van der Waals surface area contributed by atoms with Crippen molar-refractivity contribution in [1.29, 1.82) is 0 Å². The second-order valence-corrected chi connectivity index (χ2v) is 6.48. The van der Waals surface area contributed by atoms with Crippen LogP contribution in [-0.4, -0.2) is 12.6 Å². The third-order valence-corrected chi connectivity index (χ3v) is 4.01. The lowest BCUT2D eigenvalue weighted by Crippen LogP contribution is -2.34. The van der Waals surface area contributed by atoms with Crippen LogP contribution in [0.25, 0.3) is 0 Å². The summed E-state index contributed by atoms with van der Waals surface area (Å²) >= 11 is 0. The maximum atomic E-state index is 3.72. The van der Waals surface area contributed by atoms with Crippen molar-refractivity contribution in [3.8, 4) is 0 Å². The molecule has 0 heterocycles. The van der Waals surface area contributed by atoms with E-state index in [0.29, 0.717) is 12.0 Å². The summed E-state index contributed by atoms with van der Waals surface area (Å²) in [7, 11) is 0. The van der Waals surface area contributed by atoms with Crippen LogP contribution in [0.1, 0.15) is 70.9 Å². The van der Waals surface area contributed by atoms with Crippen molar-refractivity contribution in [2.24, 2.45) is 5.92 Å². The van der Waals surface area contributed by atoms with E-state index in [1.165, 1.54) is 36.8 Å². The monoisotopic (exact) mass is 275 g/mol. The lowest BCUT2D eigenvalue weighted by atomic mass is 9.89. The Bertz CT molecular complexity index is 353. The molecule has 0 aliphatic carbocycles. The summed E-state index contributed by atoms with van der Waals surface area (Å²) in [5.41, 5.74) is 2.93. The molecule has 0 amide bonds. The highest BCUT2D eigenvalue weighted by molar-refractivity contribution is 5.26. The standard InChI is InChI=1S/C19H33N/c1-6-8-19(20-13-7-2)16(5)18-11-9-17(10-12-18)14-15(3)4/h9-12,15-16,19-20H,6-8,13-14H2,1-5H3. The second-order valence-electron chi connectivity index (χ2n) is 6.48. The molecule has 1 N–H and O–H groups in total. The highest BCUT2D eigenvalue weighted by Gasteiger charge is 2.17. The zero-order valence-corrected chi connectivity index (χ0v) is 14.1. The molecular formula is C19H33N. The SMILES string of the molecule is CCCNC(CCC)C(C)c1ccc(CC(C)C)cc1. The summed E-state index contributed by atoms with van der Waals surface area (Å²) < 4.78 is 0. The lowest BCUT2D eigenvalue weighted by Gasteiger charge is -2.25. The Labute approximate surface area is 126 Å². The minimum atomic E-state index is 0.592. The van der Waals surface area contributed by atoms with E-state index in [9.17, 15) is 0 Å². The van der Waals surface area contributed by atoms with Gasteiger partial charge in [-0.2, -0.15) is 0 Å². The van der Waals surface area contributed by atoms with Gasteiger partial charge in [-0.15, -0.1) is 0 Å². The number of nitrogens with one attached hydrogen (secondary N) is 1. The van der Waals surface area contributed by atoms with Crippen LogP contribution in [0.4, 0.5) is 0 Å². The topological polar surface area (TPSA) is 12.0 Å². The Hall–Kier alpha value is -0.820. The van der Waals surface area contributed by atoms with E-state index in [-0.39, 0.29) is 0 Å². The van der Waals surface area contributed by atoms with E-state index in [1.54, 1.807) is 0 Å². The lowest BCUT2D eigenvalue weighted by molar-refractivity contribution is 0.420. The van der Waals surface area contributed by atoms with Crippen LogP contribution in [0.5, 0.6) is 0 Å². The molecule has 1 rings (SSSR count). The fourth-order valence-electron chi connectivity index (χ4n) is 2.83. The Morgan fingerprint density at radius 2 is 1.60 bits per heavy atom. The van der Waals surface area contributed by atoms with Gasteiger partial charge >= 0.3 is 0 Å². The molecular weight excluding hydrogens is 242 g/mol. The Morgan fingerprint density at radius 1 is 0.950 bits per heavy atom. The summed E-state index contributed by atoms with van der Waals surface area (Å²) in [6, 6.07) is 9.90. The summed E-state index contributed by atoms with van der Waals surface area (Å²) in [5, 5.41) is 3.72. The highest BCUT2D eigenvalue weighted by Crippen LogP contribution is 2.23. The van der Waals surface area contributed by atoms with E-state index in [1.807, 2.05) is 0 Å². The van der Waals surface area contributed by atoms with Gasteiger partial charge in [0, 0.05) is 6.04 Å². The molecule has 0 bridgehead atoms. The predicted octanol–water partition coefficient (Wildman–Crippen LogP) is 5.16. The van der Waals surface area contributed by atoms with Crippen LogP contribution in [0.2, 0.25) is 0 Å². The van der Waals surface area contributed by atoms with E-state index >= 15 is 0 Å². The molecule has 1 aromatic rings. The molecule has 0 saturated carbocycles. The molecule has 2 unspecified atom stereocenters. The first kappa shape index (κ1) is 17.2. The van der Waals surface area contributed by atoms with E-state index in [4.69, 9.17) is 0 Å². The first-order valence-electron chi connectivity index (χ1n) is 8.40. The average molecular weight is 275 g/mol. The molecule has 114 valence electrons. The quantitative estimate of drug-likeness (QED) is 0.656. The van der Waals surface area contributed by atoms with E-state index in [2.05, 4.69) is 64.2 Å². The average Bonchev–Trinajstić information content (AvgIpc) is 2.43. The van der Waals surface area contributed by atoms with Gasteiger partial charge in [0.2, 0.25) is 0 Å². The Morgan fingerprint density at radius 3 is 2.10 bits per heavy atom. The predicted molar refractivity (Wildman–Crippen MR) is 90.4 cm³/mol. The smallest absolute Gasteiger partial charge is 0.0133 e. The molecule has 0 radical (unpaired) electrons. The number of rotatable bonds is 9. The van der Waals surface area contributed by atoms with Crippen LogP contribution in [0.15, 0.2) is 24.3 Å². The minimum absolute atomic E-state index is 0.592. The Balaban J connectivity index is 2.70. The third kappa shape index (κ3) is 5.66. The van der Waals surface area contributed by atoms with Gasteiger partial charge in [0.25, 0.3) is 0 Å². The van der Waals surface area contributed by atoms with Gasteiger partial charge < -0.3 is 5.32 Å². The zero-order valence-electron chi connectivity index (χ0n) is 14.1. The summed E-state index contributed by atoms with van der Waals surface area (Å²) in [6.45, 7) is 12.6. The molecule has 0 aromatic heterocycles. The van der Waals surface area contributed by atoms with Gasteiger partial charge in [-0.05, 0) is 48.8 Å². The van der Waals surface area contributed by atoms with Gasteiger partial charge in [0.15, 0.2) is 0 Å². The highest BCUT2D eigenvalue weighted by atomic mass is 14.9. The minimum Gasteiger partial charge on any atom is -0.313 e. The van der Waals surface area contributed by atoms with Crippen LogP contribution >= 0.6 is 0 Å². The molecule has 1 nitrogen and oxygen atoms in total. The Kier molecular flexibility index (Phi) is 7.91. The summed E-state index contributed by atoms with van der Waals surface area (Å²) in [6.07, 6.45) is 4.90. The molecule has 2 atom stereocenters. The van der Waals surface area contributed by atoms with Gasteiger partial charge in [-0.1, -0.05) is 65.3 Å². The molecule has 0 spiro atoms. The molecule has 1 heteroatoms. The molecule has 0 saturated heterocycles. The molecule has 0 aliphatic rings. The fraction of sp³-hybridized carbons (Fsp3) is 0.684. The van der Waals surface area contributed by atoms with Crippen LogP contribution < -0.4 is 5.32 Å². The van der Waals surface area contributed by atoms with Crippen LogP contribution in [0.3, 0.4) is 0 Å². The normalized spacial score (nSPS) is 14.5. The maximum absolute atomic E-state index is 3.72. The largest absolute Gasteiger partial charge is 0.313 e. The molecule has 1 aromatic carbocycles. The van der Waals surface area contributed by atoms with Crippen LogP contribution in [-0.2, 0) is 6.42 Å². The molecule has 20 heavy (non-hydrogen) atoms. The van der Waals surface area contributed by atoms with Crippen molar-refractivity contribution in [2.75, 3.05) is 6.54 Å². The van der Waals surface area contributed by atoms with Crippen molar-refractivity contribution in [3.63, 3.8) is 0 Å². The zero-order chi connectivity index (χ0) is 15.0. The first-order chi connectivity index (χ1) is 9.58. The van der Waals surface area contributed by atoms with E-state index < -0.39 is 0 Å². The van der Waals surface area contributed by atoms with E-state index in [0.717, 1.165) is 12.5 Å². The van der Waals surface area contributed by atoms with Gasteiger partial charge in [-0.3, -0.25) is 0 Å². The fourth-order valence-corrected chi connectivity index (χ4v) is 2.83. The third-order valence-electron chi connectivity index (χ3n) is 4.01.